The fourth-order valence-corrected chi connectivity index (χ4v) is 9.09. The zero-order valence-corrected chi connectivity index (χ0v) is 29.8. The van der Waals surface area contributed by atoms with Crippen LogP contribution < -0.4 is 15.4 Å². The van der Waals surface area contributed by atoms with Crippen molar-refractivity contribution in [2.75, 3.05) is 18.9 Å². The van der Waals surface area contributed by atoms with Crippen molar-refractivity contribution in [2.45, 2.75) is 87.8 Å². The molecule has 12 nitrogen and oxygen atoms in total. The van der Waals surface area contributed by atoms with Gasteiger partial charge in [-0.25, -0.2) is 18.2 Å². The van der Waals surface area contributed by atoms with Gasteiger partial charge >= 0.3 is 12.3 Å². The third-order valence-corrected chi connectivity index (χ3v) is 12.7. The first-order chi connectivity index (χ1) is 24.1. The van der Waals surface area contributed by atoms with E-state index >= 15 is 0 Å². The summed E-state index contributed by atoms with van der Waals surface area (Å²) < 4.78 is 74.1. The minimum atomic E-state index is -4.69. The Balaban J connectivity index is 1.22. The number of nitrogens with one attached hydrogen (secondary N) is 3. The predicted molar refractivity (Wildman–Crippen MR) is 182 cm³/mol. The number of aromatic nitrogens is 1. The van der Waals surface area contributed by atoms with E-state index in [1.54, 1.807) is 12.4 Å². The Morgan fingerprint density at radius 3 is 2.59 bits per heavy atom. The lowest BCUT2D eigenvalue weighted by Gasteiger charge is -2.26. The van der Waals surface area contributed by atoms with Crippen LogP contribution in [0, 0.1) is 17.8 Å². The Bertz CT molecular complexity index is 1840. The summed E-state index contributed by atoms with van der Waals surface area (Å²) in [5, 5.41) is 6.72. The number of amides is 4. The van der Waals surface area contributed by atoms with E-state index in [-0.39, 0.29) is 36.4 Å². The number of fused-ring (bicyclic) bond motifs is 2. The van der Waals surface area contributed by atoms with Crippen molar-refractivity contribution in [2.24, 2.45) is 17.8 Å². The van der Waals surface area contributed by atoms with Crippen LogP contribution in [0.5, 0.6) is 0 Å². The number of allylic oxidation sites excluding steroid dienone is 1. The van der Waals surface area contributed by atoms with E-state index in [4.69, 9.17) is 4.74 Å². The Labute approximate surface area is 297 Å². The summed E-state index contributed by atoms with van der Waals surface area (Å²) in [7, 11) is -2.29. The predicted octanol–water partition coefficient (Wildman–Crippen LogP) is 5.02. The summed E-state index contributed by atoms with van der Waals surface area (Å²) in [6.07, 6.45) is 0.564. The maximum atomic E-state index is 14.0. The molecule has 3 saturated carbocycles. The van der Waals surface area contributed by atoms with Crippen LogP contribution in [0.3, 0.4) is 0 Å². The fraction of sp³-hybridized carbons (Fsp3) is 0.559. The summed E-state index contributed by atoms with van der Waals surface area (Å²) in [5.41, 5.74) is -1.68. The van der Waals surface area contributed by atoms with Crippen LogP contribution >= 0.6 is 11.3 Å². The fourth-order valence-electron chi connectivity index (χ4n) is 6.79. The Morgan fingerprint density at radius 1 is 1.16 bits per heavy atom. The molecule has 17 heteroatoms. The number of benzene rings is 1. The molecule has 51 heavy (non-hydrogen) atoms. The van der Waals surface area contributed by atoms with Crippen LogP contribution in [0.1, 0.15) is 69.5 Å². The van der Waals surface area contributed by atoms with Gasteiger partial charge in [-0.2, -0.15) is 13.2 Å². The van der Waals surface area contributed by atoms with Gasteiger partial charge in [0.2, 0.25) is 21.8 Å². The third-order valence-electron chi connectivity index (χ3n) is 10.00. The van der Waals surface area contributed by atoms with Gasteiger partial charge in [0, 0.05) is 30.5 Å². The molecule has 6 rings (SSSR count). The molecule has 1 aromatic heterocycles. The Kier molecular flexibility index (Phi) is 10.2. The highest BCUT2D eigenvalue weighted by molar-refractivity contribution is 7.91. The van der Waals surface area contributed by atoms with Crippen LogP contribution in [0.25, 0.3) is 10.6 Å². The molecule has 0 spiro atoms. The maximum absolute atomic E-state index is 14.0. The average molecular weight is 752 g/mol. The molecule has 3 aliphatic carbocycles. The largest absolute Gasteiger partial charge is 0.446 e. The molecule has 0 saturated heterocycles. The molecular formula is C34H40F3N5O7S2. The standard InChI is InChI=1S/C34H40F3N5O7S2/c1-3-21-18-50-29(38-21)24-12-9-19(34(35,36)37)14-27(24)39-32(46)49-22-15-25-26(16-22)30(44)42(2)13-7-5-4-6-8-20-17-33(20,40-28(25)43)31(45)41-51(47,48)23-10-11-23/h6,8-9,12,14,18,20,22-23,25-26H,3-5,7,10-11,13,15-17H2,1-2H3,(H,39,46)(H,40,43)(H,41,45)/b8-6-/t20-,22+,25+,26+,33+/m0/s1. The summed E-state index contributed by atoms with van der Waals surface area (Å²) in [6, 6.07) is 2.94. The van der Waals surface area contributed by atoms with Gasteiger partial charge in [0.15, 0.2) is 0 Å². The molecule has 3 N–H and O–H groups in total. The minimum absolute atomic E-state index is 0.0466. The highest BCUT2D eigenvalue weighted by Gasteiger charge is 2.62. The van der Waals surface area contributed by atoms with Crippen LogP contribution in [-0.4, -0.2) is 72.6 Å². The number of nitrogens with zero attached hydrogens (tertiary/aromatic N) is 2. The summed E-state index contributed by atoms with van der Waals surface area (Å²) in [4.78, 5) is 60.3. The van der Waals surface area contributed by atoms with Crippen molar-refractivity contribution in [3.05, 3.63) is 47.0 Å². The topological polar surface area (TPSA) is 164 Å². The van der Waals surface area contributed by atoms with Crippen molar-refractivity contribution in [3.63, 3.8) is 0 Å². The molecule has 276 valence electrons. The monoisotopic (exact) mass is 751 g/mol. The van der Waals surface area contributed by atoms with Gasteiger partial charge in [-0.1, -0.05) is 19.1 Å². The van der Waals surface area contributed by atoms with Crippen LogP contribution in [0.15, 0.2) is 35.7 Å². The number of aryl methyl sites for hydroxylation is 1. The van der Waals surface area contributed by atoms with E-state index in [1.165, 1.54) is 22.3 Å². The minimum Gasteiger partial charge on any atom is -0.446 e. The number of hydrogen-bond donors (Lipinski definition) is 3. The number of carbonyl (C=O) groups is 4. The second kappa shape index (κ2) is 14.2. The number of thiazole rings is 1. The molecule has 0 bridgehead atoms. The summed E-state index contributed by atoms with van der Waals surface area (Å²) in [5.74, 6) is -4.28. The van der Waals surface area contributed by atoms with Crippen LogP contribution in [-0.2, 0) is 41.7 Å². The number of alkyl halides is 3. The second-order valence-electron chi connectivity index (χ2n) is 13.7. The average Bonchev–Trinajstić information content (AvgIpc) is 3.95. The molecule has 5 atom stereocenters. The number of ether oxygens (including phenoxy) is 1. The van der Waals surface area contributed by atoms with E-state index in [0.717, 1.165) is 24.2 Å². The molecule has 0 radical (unpaired) electrons. The lowest BCUT2D eigenvalue weighted by molar-refractivity contribution is -0.140. The highest BCUT2D eigenvalue weighted by atomic mass is 32.2. The van der Waals surface area contributed by atoms with Gasteiger partial charge in [0.1, 0.15) is 16.7 Å². The van der Waals surface area contributed by atoms with E-state index < -0.39 is 74.3 Å². The Morgan fingerprint density at radius 2 is 1.90 bits per heavy atom. The highest BCUT2D eigenvalue weighted by Crippen LogP contribution is 2.47. The molecule has 3 fully saturated rings. The molecular weight excluding hydrogens is 712 g/mol. The SMILES string of the molecule is CCc1csc(-c2ccc(C(F)(F)F)cc2NC(=O)O[C@@H]2C[C@H]3C(=O)N[C@]4(C(=O)NS(=O)(=O)C5CC5)C[C@@H]4/C=C\CCCCN(C)C(=O)[C@@H]3C2)n1. The van der Waals surface area contributed by atoms with Gasteiger partial charge in [-0.3, -0.25) is 24.4 Å². The maximum Gasteiger partial charge on any atom is 0.416 e. The molecule has 1 aliphatic heterocycles. The first kappa shape index (κ1) is 36.8. The van der Waals surface area contributed by atoms with E-state index in [0.29, 0.717) is 43.7 Å². The normalized spacial score (nSPS) is 27.7. The Hall–Kier alpha value is -3.99. The van der Waals surface area contributed by atoms with E-state index in [2.05, 4.69) is 20.3 Å². The van der Waals surface area contributed by atoms with Crippen LogP contribution in [0.4, 0.5) is 23.7 Å². The van der Waals surface area contributed by atoms with Gasteiger partial charge in [0.05, 0.1) is 34.0 Å². The molecule has 4 aliphatic rings. The number of halogens is 3. The van der Waals surface area contributed by atoms with Crippen molar-refractivity contribution >= 4 is 50.9 Å². The molecule has 4 amide bonds. The second-order valence-corrected chi connectivity index (χ2v) is 16.5. The number of anilines is 1. The first-order valence-electron chi connectivity index (χ1n) is 17.0. The van der Waals surface area contributed by atoms with Gasteiger partial charge < -0.3 is 15.0 Å². The van der Waals surface area contributed by atoms with Gasteiger partial charge in [-0.05, 0) is 76.0 Å². The smallest absolute Gasteiger partial charge is 0.416 e. The van der Waals surface area contributed by atoms with Crippen molar-refractivity contribution in [1.82, 2.24) is 19.9 Å². The number of sulfonamides is 1. The quantitative estimate of drug-likeness (QED) is 0.333. The molecule has 0 unspecified atom stereocenters. The lowest BCUT2D eigenvalue weighted by Crippen LogP contribution is -2.54. The number of carbonyl (C=O) groups excluding carboxylic acids is 4. The van der Waals surface area contributed by atoms with Crippen molar-refractivity contribution in [1.29, 1.82) is 0 Å². The number of rotatable bonds is 7. The van der Waals surface area contributed by atoms with E-state index in [1.807, 2.05) is 19.1 Å². The zero-order valence-electron chi connectivity index (χ0n) is 28.1. The van der Waals surface area contributed by atoms with Crippen molar-refractivity contribution < 1.29 is 45.5 Å². The molecule has 1 aromatic carbocycles. The molecule has 2 aromatic rings. The van der Waals surface area contributed by atoms with E-state index in [9.17, 15) is 40.8 Å². The zero-order chi connectivity index (χ0) is 36.7. The van der Waals surface area contributed by atoms with Gasteiger partial charge in [0.25, 0.3) is 5.91 Å². The summed E-state index contributed by atoms with van der Waals surface area (Å²) in [6.45, 7) is 2.31. The molecule has 2 heterocycles. The third kappa shape index (κ3) is 8.08. The number of hydrogen-bond acceptors (Lipinski definition) is 9. The lowest BCUT2D eigenvalue weighted by atomic mass is 9.93. The van der Waals surface area contributed by atoms with Crippen LogP contribution in [0.2, 0.25) is 0 Å². The van der Waals surface area contributed by atoms with Gasteiger partial charge in [-0.15, -0.1) is 11.3 Å². The summed E-state index contributed by atoms with van der Waals surface area (Å²) >= 11 is 1.22. The van der Waals surface area contributed by atoms with Crippen molar-refractivity contribution in [3.8, 4) is 10.6 Å². The first-order valence-corrected chi connectivity index (χ1v) is 19.5.